The lowest BCUT2D eigenvalue weighted by atomic mass is 10.0. The van der Waals surface area contributed by atoms with Crippen LogP contribution in [0.15, 0.2) is 73.1 Å². The summed E-state index contributed by atoms with van der Waals surface area (Å²) in [5, 5.41) is 12.5. The minimum absolute atomic E-state index is 0.362. The number of hydrogen-bond acceptors (Lipinski definition) is 5. The van der Waals surface area contributed by atoms with Gasteiger partial charge >= 0.3 is 0 Å². The van der Waals surface area contributed by atoms with E-state index in [1.165, 1.54) is 0 Å². The molecule has 1 heterocycles. The van der Waals surface area contributed by atoms with Gasteiger partial charge in [-0.1, -0.05) is 30.3 Å². The van der Waals surface area contributed by atoms with Crippen molar-refractivity contribution in [2.75, 3.05) is 5.32 Å². The number of nitrogens with zero attached hydrogens (tertiary/aromatic N) is 2. The first kappa shape index (κ1) is 19.1. The molecule has 1 amide bonds. The Morgan fingerprint density at radius 1 is 1.11 bits per heavy atom. The normalized spacial score (nSPS) is 11.3. The van der Waals surface area contributed by atoms with Crippen molar-refractivity contribution in [1.29, 1.82) is 5.26 Å². The van der Waals surface area contributed by atoms with E-state index in [0.29, 0.717) is 23.4 Å². The number of nitriles is 1. The lowest BCUT2D eigenvalue weighted by Crippen LogP contribution is -2.26. The van der Waals surface area contributed by atoms with Crippen molar-refractivity contribution in [3.05, 3.63) is 95.3 Å². The number of amides is 1. The van der Waals surface area contributed by atoms with E-state index in [1.54, 1.807) is 49.6 Å². The molecule has 0 fully saturated rings. The highest BCUT2D eigenvalue weighted by atomic mass is 16.7. The van der Waals surface area contributed by atoms with Crippen LogP contribution in [0.2, 0.25) is 0 Å². The van der Waals surface area contributed by atoms with E-state index in [1.807, 2.05) is 30.3 Å². The Morgan fingerprint density at radius 3 is 2.61 bits per heavy atom. The standard InChI is InChI=1S/C22H20N4O2/c1-16(19-7-3-2-6-18(19)14-23)28-26-22(27)20-8-4-5-9-21(20)25-15-17-10-12-24-13-11-17/h2-13,16,25H,15H2,1H3,(H,26,27). The fraction of sp³-hybridized carbons (Fsp3) is 0.136. The van der Waals surface area contributed by atoms with Crippen LogP contribution in [0.4, 0.5) is 5.69 Å². The van der Waals surface area contributed by atoms with Crippen molar-refractivity contribution < 1.29 is 9.63 Å². The fourth-order valence-electron chi connectivity index (χ4n) is 2.75. The third kappa shape index (κ3) is 4.72. The van der Waals surface area contributed by atoms with Crippen molar-refractivity contribution in [3.8, 4) is 6.07 Å². The summed E-state index contributed by atoms with van der Waals surface area (Å²) >= 11 is 0. The van der Waals surface area contributed by atoms with Crippen LogP contribution in [-0.2, 0) is 11.4 Å². The van der Waals surface area contributed by atoms with Crippen LogP contribution < -0.4 is 10.8 Å². The highest BCUT2D eigenvalue weighted by Gasteiger charge is 2.15. The van der Waals surface area contributed by atoms with Gasteiger partial charge in [0.2, 0.25) is 0 Å². The number of rotatable bonds is 7. The molecule has 6 heteroatoms. The number of benzene rings is 2. The van der Waals surface area contributed by atoms with Crippen molar-refractivity contribution in [2.24, 2.45) is 0 Å². The number of nitrogens with one attached hydrogen (secondary N) is 2. The van der Waals surface area contributed by atoms with E-state index in [2.05, 4.69) is 21.9 Å². The number of carbonyl (C=O) groups excluding carboxylic acids is 1. The number of pyridine rings is 1. The quantitative estimate of drug-likeness (QED) is 0.613. The molecule has 0 spiro atoms. The summed E-state index contributed by atoms with van der Waals surface area (Å²) in [6.45, 7) is 2.35. The molecular weight excluding hydrogens is 352 g/mol. The largest absolute Gasteiger partial charge is 0.380 e. The number of aromatic nitrogens is 1. The van der Waals surface area contributed by atoms with Gasteiger partial charge in [-0.25, -0.2) is 5.48 Å². The van der Waals surface area contributed by atoms with E-state index >= 15 is 0 Å². The van der Waals surface area contributed by atoms with E-state index in [0.717, 1.165) is 11.1 Å². The van der Waals surface area contributed by atoms with Gasteiger partial charge in [-0.2, -0.15) is 5.26 Å². The van der Waals surface area contributed by atoms with Crippen molar-refractivity contribution >= 4 is 11.6 Å². The molecule has 1 unspecified atom stereocenters. The van der Waals surface area contributed by atoms with E-state index in [-0.39, 0.29) is 5.91 Å². The van der Waals surface area contributed by atoms with Gasteiger partial charge in [-0.15, -0.1) is 0 Å². The van der Waals surface area contributed by atoms with Gasteiger partial charge in [0, 0.05) is 30.2 Å². The summed E-state index contributed by atoms with van der Waals surface area (Å²) in [5.41, 5.74) is 5.95. The summed E-state index contributed by atoms with van der Waals surface area (Å²) in [6.07, 6.45) is 2.99. The third-order valence-corrected chi connectivity index (χ3v) is 4.25. The maximum Gasteiger partial charge on any atom is 0.276 e. The summed E-state index contributed by atoms with van der Waals surface area (Å²) in [5.74, 6) is -0.362. The molecule has 1 aromatic heterocycles. The van der Waals surface area contributed by atoms with Gasteiger partial charge < -0.3 is 5.32 Å². The molecule has 3 aromatic rings. The number of anilines is 1. The zero-order valence-corrected chi connectivity index (χ0v) is 15.4. The SMILES string of the molecule is CC(ONC(=O)c1ccccc1NCc1ccncc1)c1ccccc1C#N. The molecule has 1 atom stereocenters. The molecule has 2 aromatic carbocycles. The molecule has 0 aliphatic carbocycles. The predicted octanol–water partition coefficient (Wildman–Crippen LogP) is 3.99. The van der Waals surface area contributed by atoms with Crippen LogP contribution >= 0.6 is 0 Å². The number of hydrogen-bond donors (Lipinski definition) is 2. The average molecular weight is 372 g/mol. The highest BCUT2D eigenvalue weighted by molar-refractivity contribution is 5.99. The molecule has 0 aliphatic heterocycles. The van der Waals surface area contributed by atoms with Gasteiger partial charge in [-0.05, 0) is 42.8 Å². The lowest BCUT2D eigenvalue weighted by molar-refractivity contribution is -0.00896. The second-order valence-electron chi connectivity index (χ2n) is 6.14. The topological polar surface area (TPSA) is 87.0 Å². The molecule has 0 bridgehead atoms. The molecule has 0 radical (unpaired) electrons. The predicted molar refractivity (Wildman–Crippen MR) is 106 cm³/mol. The fourth-order valence-corrected chi connectivity index (χ4v) is 2.75. The average Bonchev–Trinajstić information content (AvgIpc) is 2.76. The Morgan fingerprint density at radius 2 is 1.82 bits per heavy atom. The first-order valence-corrected chi connectivity index (χ1v) is 8.86. The molecule has 0 saturated carbocycles. The van der Waals surface area contributed by atoms with Crippen LogP contribution in [0.5, 0.6) is 0 Å². The Hall–Kier alpha value is -3.69. The maximum absolute atomic E-state index is 12.6. The molecule has 2 N–H and O–H groups in total. The number of carbonyl (C=O) groups is 1. The summed E-state index contributed by atoms with van der Waals surface area (Å²) < 4.78 is 0. The van der Waals surface area contributed by atoms with Crippen molar-refractivity contribution in [3.63, 3.8) is 0 Å². The van der Waals surface area contributed by atoms with Gasteiger partial charge in [0.05, 0.1) is 17.2 Å². The van der Waals surface area contributed by atoms with Gasteiger partial charge in [0.25, 0.3) is 5.91 Å². The Labute approximate surface area is 163 Å². The summed E-state index contributed by atoms with van der Waals surface area (Å²) in [6, 6.07) is 20.3. The first-order valence-electron chi connectivity index (χ1n) is 8.86. The smallest absolute Gasteiger partial charge is 0.276 e. The maximum atomic E-state index is 12.6. The van der Waals surface area contributed by atoms with Gasteiger partial charge in [-0.3, -0.25) is 14.6 Å². The highest BCUT2D eigenvalue weighted by Crippen LogP contribution is 2.21. The van der Waals surface area contributed by atoms with Crippen LogP contribution in [0, 0.1) is 11.3 Å². The molecule has 6 nitrogen and oxygen atoms in total. The monoisotopic (exact) mass is 372 g/mol. The molecule has 28 heavy (non-hydrogen) atoms. The molecule has 0 aliphatic rings. The molecule has 140 valence electrons. The number of para-hydroxylation sites is 1. The Kier molecular flexibility index (Phi) is 6.34. The van der Waals surface area contributed by atoms with Crippen LogP contribution in [0.3, 0.4) is 0 Å². The molecule has 0 saturated heterocycles. The Balaban J connectivity index is 1.65. The zero-order valence-electron chi connectivity index (χ0n) is 15.4. The minimum atomic E-state index is -0.461. The van der Waals surface area contributed by atoms with E-state index in [4.69, 9.17) is 4.84 Å². The molecular formula is C22H20N4O2. The lowest BCUT2D eigenvalue weighted by Gasteiger charge is -2.16. The van der Waals surface area contributed by atoms with Crippen LogP contribution in [0.25, 0.3) is 0 Å². The second-order valence-corrected chi connectivity index (χ2v) is 6.14. The first-order chi connectivity index (χ1) is 13.7. The van der Waals surface area contributed by atoms with Crippen LogP contribution in [-0.4, -0.2) is 10.9 Å². The molecule has 3 rings (SSSR count). The van der Waals surface area contributed by atoms with Gasteiger partial charge in [0.1, 0.15) is 6.10 Å². The van der Waals surface area contributed by atoms with Gasteiger partial charge in [0.15, 0.2) is 0 Å². The van der Waals surface area contributed by atoms with Crippen molar-refractivity contribution in [1.82, 2.24) is 10.5 Å². The third-order valence-electron chi connectivity index (χ3n) is 4.25. The Bertz CT molecular complexity index is 983. The number of hydroxylamine groups is 1. The van der Waals surface area contributed by atoms with E-state index in [9.17, 15) is 10.1 Å². The minimum Gasteiger partial charge on any atom is -0.380 e. The van der Waals surface area contributed by atoms with Crippen LogP contribution in [0.1, 0.15) is 40.1 Å². The van der Waals surface area contributed by atoms with E-state index < -0.39 is 6.10 Å². The second kappa shape index (κ2) is 9.31. The summed E-state index contributed by atoms with van der Waals surface area (Å²) in [7, 11) is 0. The van der Waals surface area contributed by atoms with Crippen molar-refractivity contribution in [2.45, 2.75) is 19.6 Å². The zero-order chi connectivity index (χ0) is 19.8. The summed E-state index contributed by atoms with van der Waals surface area (Å²) in [4.78, 5) is 22.1.